The SMILES string of the molecule is Cc1nc(NC(=O)Cn2nc(C(C)C)c3cc(C4CC4C)ncc3c2=O)ns1. The molecule has 2 atom stereocenters. The fourth-order valence-electron chi connectivity index (χ4n) is 3.34. The summed E-state index contributed by atoms with van der Waals surface area (Å²) < 4.78 is 5.24. The summed E-state index contributed by atoms with van der Waals surface area (Å²) in [5, 5.41) is 9.19. The summed E-state index contributed by atoms with van der Waals surface area (Å²) in [7, 11) is 0. The average Bonchev–Trinajstić information content (AvgIpc) is 3.24. The molecule has 1 fully saturated rings. The van der Waals surface area contributed by atoms with Gasteiger partial charge in [-0.25, -0.2) is 9.67 Å². The van der Waals surface area contributed by atoms with E-state index in [0.29, 0.717) is 17.2 Å². The Kier molecular flexibility index (Phi) is 4.70. The van der Waals surface area contributed by atoms with E-state index in [2.05, 4.69) is 31.7 Å². The first-order valence-electron chi connectivity index (χ1n) is 9.34. The molecule has 3 aromatic heterocycles. The van der Waals surface area contributed by atoms with Crippen molar-refractivity contribution < 1.29 is 4.79 Å². The van der Waals surface area contributed by atoms with Gasteiger partial charge in [0.25, 0.3) is 5.56 Å². The minimum Gasteiger partial charge on any atom is -0.292 e. The Balaban J connectivity index is 1.69. The third-order valence-corrected chi connectivity index (χ3v) is 5.62. The highest BCUT2D eigenvalue weighted by Crippen LogP contribution is 2.46. The lowest BCUT2D eigenvalue weighted by Crippen LogP contribution is -2.31. The average molecular weight is 398 g/mol. The number of carbonyl (C=O) groups is 1. The van der Waals surface area contributed by atoms with Gasteiger partial charge in [0.15, 0.2) is 0 Å². The summed E-state index contributed by atoms with van der Waals surface area (Å²) in [5.74, 6) is 1.05. The molecule has 146 valence electrons. The van der Waals surface area contributed by atoms with Gasteiger partial charge < -0.3 is 0 Å². The van der Waals surface area contributed by atoms with Crippen LogP contribution in [0.3, 0.4) is 0 Å². The number of aromatic nitrogens is 5. The molecule has 1 amide bonds. The highest BCUT2D eigenvalue weighted by molar-refractivity contribution is 7.05. The maximum Gasteiger partial charge on any atom is 0.276 e. The van der Waals surface area contributed by atoms with Crippen LogP contribution in [0.1, 0.15) is 55.4 Å². The van der Waals surface area contributed by atoms with Crippen LogP contribution in [0.15, 0.2) is 17.1 Å². The molecule has 3 aromatic rings. The van der Waals surface area contributed by atoms with E-state index in [1.807, 2.05) is 19.9 Å². The number of anilines is 1. The molecule has 1 aliphatic rings. The van der Waals surface area contributed by atoms with Crippen LogP contribution in [0.4, 0.5) is 5.95 Å². The third-order valence-electron chi connectivity index (χ3n) is 5.00. The molecule has 0 aliphatic heterocycles. The summed E-state index contributed by atoms with van der Waals surface area (Å²) in [5.41, 5.74) is 1.49. The smallest absolute Gasteiger partial charge is 0.276 e. The molecule has 0 bridgehead atoms. The second kappa shape index (κ2) is 7.05. The first-order valence-corrected chi connectivity index (χ1v) is 10.1. The maximum absolute atomic E-state index is 12.9. The van der Waals surface area contributed by atoms with Gasteiger partial charge in [-0.05, 0) is 42.8 Å². The monoisotopic (exact) mass is 398 g/mol. The predicted molar refractivity (Wildman–Crippen MR) is 108 cm³/mol. The van der Waals surface area contributed by atoms with Gasteiger partial charge in [-0.15, -0.1) is 0 Å². The summed E-state index contributed by atoms with van der Waals surface area (Å²) in [6.07, 6.45) is 2.76. The quantitative estimate of drug-likeness (QED) is 0.709. The molecule has 3 heterocycles. The number of hydrogen-bond donors (Lipinski definition) is 1. The zero-order valence-electron chi connectivity index (χ0n) is 16.3. The van der Waals surface area contributed by atoms with Crippen molar-refractivity contribution in [1.29, 1.82) is 0 Å². The van der Waals surface area contributed by atoms with Crippen molar-refractivity contribution in [1.82, 2.24) is 24.1 Å². The Morgan fingerprint density at radius 1 is 1.39 bits per heavy atom. The van der Waals surface area contributed by atoms with Crippen molar-refractivity contribution in [3.63, 3.8) is 0 Å². The predicted octanol–water partition coefficient (Wildman–Crippen LogP) is 2.84. The standard InChI is InChI=1S/C19H22N6O2S/c1-9(2)17-13-6-15(12-5-10(12)3)20-7-14(13)18(27)25(23-17)8-16(26)22-19-21-11(4)28-24-19/h6-7,9-10,12H,5,8H2,1-4H3,(H,22,24,26). The molecule has 0 spiro atoms. The van der Waals surface area contributed by atoms with Crippen molar-refractivity contribution in [2.24, 2.45) is 5.92 Å². The maximum atomic E-state index is 12.9. The lowest BCUT2D eigenvalue weighted by Gasteiger charge is -2.13. The van der Waals surface area contributed by atoms with E-state index in [1.165, 1.54) is 16.2 Å². The van der Waals surface area contributed by atoms with Crippen LogP contribution in [-0.4, -0.2) is 30.0 Å². The number of amides is 1. The number of rotatable bonds is 5. The zero-order chi connectivity index (χ0) is 20.0. The summed E-state index contributed by atoms with van der Waals surface area (Å²) >= 11 is 1.20. The van der Waals surface area contributed by atoms with Gasteiger partial charge in [0.2, 0.25) is 11.9 Å². The van der Waals surface area contributed by atoms with Crippen LogP contribution in [-0.2, 0) is 11.3 Å². The minimum absolute atomic E-state index is 0.104. The molecule has 0 aromatic carbocycles. The van der Waals surface area contributed by atoms with E-state index in [-0.39, 0.29) is 24.0 Å². The van der Waals surface area contributed by atoms with Crippen LogP contribution >= 0.6 is 11.5 Å². The van der Waals surface area contributed by atoms with Gasteiger partial charge in [0.05, 0.1) is 11.1 Å². The number of carbonyl (C=O) groups excluding carboxylic acids is 1. The van der Waals surface area contributed by atoms with Crippen molar-refractivity contribution in [2.45, 2.75) is 52.5 Å². The van der Waals surface area contributed by atoms with Crippen LogP contribution < -0.4 is 10.9 Å². The van der Waals surface area contributed by atoms with E-state index < -0.39 is 5.91 Å². The topological polar surface area (TPSA) is 103 Å². The molecule has 8 nitrogen and oxygen atoms in total. The van der Waals surface area contributed by atoms with E-state index in [9.17, 15) is 9.59 Å². The first kappa shape index (κ1) is 18.7. The number of fused-ring (bicyclic) bond motifs is 1. The Hall–Kier alpha value is -2.68. The second-order valence-electron chi connectivity index (χ2n) is 7.66. The van der Waals surface area contributed by atoms with Gasteiger partial charge in [0, 0.05) is 23.2 Å². The molecule has 2 unspecified atom stereocenters. The second-order valence-corrected chi connectivity index (χ2v) is 8.62. The van der Waals surface area contributed by atoms with Crippen molar-refractivity contribution in [2.75, 3.05) is 5.32 Å². The molecular weight excluding hydrogens is 376 g/mol. The normalized spacial score (nSPS) is 18.6. The van der Waals surface area contributed by atoms with Gasteiger partial charge in [0.1, 0.15) is 11.6 Å². The number of nitrogens with zero attached hydrogens (tertiary/aromatic N) is 5. The Labute approximate surface area is 166 Å². The third kappa shape index (κ3) is 3.54. The van der Waals surface area contributed by atoms with Gasteiger partial charge in [-0.1, -0.05) is 20.8 Å². The largest absolute Gasteiger partial charge is 0.292 e. The molecule has 1 saturated carbocycles. The lowest BCUT2D eigenvalue weighted by atomic mass is 10.0. The highest BCUT2D eigenvalue weighted by atomic mass is 32.1. The summed E-state index contributed by atoms with van der Waals surface area (Å²) in [6, 6.07) is 2.00. The Morgan fingerprint density at radius 3 is 2.75 bits per heavy atom. The molecule has 28 heavy (non-hydrogen) atoms. The minimum atomic E-state index is -0.391. The van der Waals surface area contributed by atoms with Crippen molar-refractivity contribution >= 4 is 34.2 Å². The molecular formula is C19H22N6O2S. The Bertz CT molecular complexity index is 1120. The number of hydrogen-bond acceptors (Lipinski definition) is 7. The van der Waals surface area contributed by atoms with Crippen LogP contribution in [0.25, 0.3) is 10.8 Å². The number of aryl methyl sites for hydroxylation is 1. The van der Waals surface area contributed by atoms with Crippen molar-refractivity contribution in [3.05, 3.63) is 39.0 Å². The van der Waals surface area contributed by atoms with Crippen LogP contribution in [0.2, 0.25) is 0 Å². The van der Waals surface area contributed by atoms with E-state index in [0.717, 1.165) is 28.2 Å². The molecule has 9 heteroatoms. The highest BCUT2D eigenvalue weighted by Gasteiger charge is 2.35. The molecule has 1 N–H and O–H groups in total. The van der Waals surface area contributed by atoms with Gasteiger partial charge >= 0.3 is 0 Å². The number of nitrogens with one attached hydrogen (secondary N) is 1. The summed E-state index contributed by atoms with van der Waals surface area (Å²) in [4.78, 5) is 33.9. The molecule has 4 rings (SSSR count). The van der Waals surface area contributed by atoms with Crippen LogP contribution in [0, 0.1) is 12.8 Å². The van der Waals surface area contributed by atoms with E-state index in [1.54, 1.807) is 13.1 Å². The fraction of sp³-hybridized carbons (Fsp3) is 0.474. The first-order chi connectivity index (χ1) is 13.3. The van der Waals surface area contributed by atoms with Crippen molar-refractivity contribution in [3.8, 4) is 0 Å². The fourth-order valence-corrected chi connectivity index (χ4v) is 3.78. The molecule has 1 aliphatic carbocycles. The zero-order valence-corrected chi connectivity index (χ0v) is 17.1. The molecule has 0 radical (unpaired) electrons. The van der Waals surface area contributed by atoms with Crippen LogP contribution in [0.5, 0.6) is 0 Å². The lowest BCUT2D eigenvalue weighted by molar-refractivity contribution is -0.117. The van der Waals surface area contributed by atoms with E-state index >= 15 is 0 Å². The van der Waals surface area contributed by atoms with E-state index in [4.69, 9.17) is 0 Å². The molecule has 0 saturated heterocycles. The summed E-state index contributed by atoms with van der Waals surface area (Å²) in [6.45, 7) is 7.86. The Morgan fingerprint density at radius 2 is 2.14 bits per heavy atom. The number of pyridine rings is 1. The van der Waals surface area contributed by atoms with Gasteiger partial charge in [-0.2, -0.15) is 9.47 Å². The van der Waals surface area contributed by atoms with Gasteiger partial charge in [-0.3, -0.25) is 19.9 Å².